The summed E-state index contributed by atoms with van der Waals surface area (Å²) < 4.78 is 0. The van der Waals surface area contributed by atoms with Gasteiger partial charge in [-0.15, -0.1) is 0 Å². The van der Waals surface area contributed by atoms with Crippen molar-refractivity contribution in [3.05, 3.63) is 69.7 Å². The maximum Gasteiger partial charge on any atom is 0.227 e. The van der Waals surface area contributed by atoms with Crippen LogP contribution in [0.2, 0.25) is 5.02 Å². The smallest absolute Gasteiger partial charge is 0.227 e. The number of aryl methyl sites for hydroxylation is 2. The van der Waals surface area contributed by atoms with Crippen molar-refractivity contribution in [3.63, 3.8) is 0 Å². The summed E-state index contributed by atoms with van der Waals surface area (Å²) >= 11 is 5.87. The number of likely N-dealkylation sites (N-methyl/N-ethyl adjacent to an activating group) is 1. The molecule has 2 aromatic carbocycles. The number of carbonyl (C=O) groups is 1. The minimum atomic E-state index is 0.124. The average molecular weight is 302 g/mol. The Labute approximate surface area is 131 Å². The maximum absolute atomic E-state index is 12.3. The largest absolute Gasteiger partial charge is 0.341 e. The second-order valence-corrected chi connectivity index (χ2v) is 5.92. The molecule has 0 bridgehead atoms. The van der Waals surface area contributed by atoms with Crippen LogP contribution in [-0.4, -0.2) is 17.9 Å². The van der Waals surface area contributed by atoms with Crippen LogP contribution in [0, 0.1) is 13.8 Å². The predicted molar refractivity (Wildman–Crippen MR) is 87.5 cm³/mol. The van der Waals surface area contributed by atoms with Crippen molar-refractivity contribution in [1.82, 2.24) is 4.90 Å². The number of nitrogens with zero attached hydrogens (tertiary/aromatic N) is 1. The molecule has 0 saturated carbocycles. The summed E-state index contributed by atoms with van der Waals surface area (Å²) in [7, 11) is 1.84. The molecule has 0 aliphatic rings. The van der Waals surface area contributed by atoms with E-state index < -0.39 is 0 Å². The Kier molecular flexibility index (Phi) is 5.03. The lowest BCUT2D eigenvalue weighted by Gasteiger charge is -2.18. The zero-order valence-electron chi connectivity index (χ0n) is 12.7. The summed E-state index contributed by atoms with van der Waals surface area (Å²) in [4.78, 5) is 14.1. The van der Waals surface area contributed by atoms with Gasteiger partial charge in [-0.3, -0.25) is 4.79 Å². The van der Waals surface area contributed by atoms with Crippen LogP contribution >= 0.6 is 11.6 Å². The van der Waals surface area contributed by atoms with Gasteiger partial charge in [0.15, 0.2) is 0 Å². The van der Waals surface area contributed by atoms with E-state index >= 15 is 0 Å². The molecule has 0 atom stereocenters. The first-order valence-corrected chi connectivity index (χ1v) is 7.38. The highest BCUT2D eigenvalue weighted by Gasteiger charge is 2.11. The van der Waals surface area contributed by atoms with Crippen LogP contribution in [-0.2, 0) is 17.8 Å². The van der Waals surface area contributed by atoms with Crippen LogP contribution in [0.1, 0.15) is 22.3 Å². The highest BCUT2D eigenvalue weighted by molar-refractivity contribution is 6.30. The molecule has 1 amide bonds. The Hall–Kier alpha value is -1.80. The van der Waals surface area contributed by atoms with E-state index in [0.29, 0.717) is 18.0 Å². The summed E-state index contributed by atoms with van der Waals surface area (Å²) in [6, 6.07) is 13.8. The van der Waals surface area contributed by atoms with Gasteiger partial charge in [0.05, 0.1) is 6.42 Å². The van der Waals surface area contributed by atoms with Crippen LogP contribution in [0.5, 0.6) is 0 Å². The molecule has 0 unspecified atom stereocenters. The van der Waals surface area contributed by atoms with Crippen molar-refractivity contribution in [1.29, 1.82) is 0 Å². The molecule has 0 aliphatic carbocycles. The van der Waals surface area contributed by atoms with Crippen LogP contribution in [0.15, 0.2) is 42.5 Å². The molecular formula is C18H20ClNO. The summed E-state index contributed by atoms with van der Waals surface area (Å²) in [6.45, 7) is 4.69. The van der Waals surface area contributed by atoms with Crippen molar-refractivity contribution in [3.8, 4) is 0 Å². The quantitative estimate of drug-likeness (QED) is 0.830. The number of rotatable bonds is 4. The first kappa shape index (κ1) is 15.6. The van der Waals surface area contributed by atoms with Gasteiger partial charge in [0, 0.05) is 18.6 Å². The molecule has 21 heavy (non-hydrogen) atoms. The van der Waals surface area contributed by atoms with Gasteiger partial charge in [0.1, 0.15) is 0 Å². The molecule has 0 N–H and O–H groups in total. The Balaban J connectivity index is 2.02. The molecule has 0 fully saturated rings. The van der Waals surface area contributed by atoms with Gasteiger partial charge in [-0.05, 0) is 42.7 Å². The van der Waals surface area contributed by atoms with Crippen LogP contribution < -0.4 is 0 Å². The van der Waals surface area contributed by atoms with Crippen molar-refractivity contribution < 1.29 is 4.79 Å². The van der Waals surface area contributed by atoms with E-state index in [0.717, 1.165) is 16.7 Å². The molecule has 0 aliphatic heterocycles. The molecule has 0 saturated heterocycles. The Morgan fingerprint density at radius 1 is 1.10 bits per heavy atom. The number of benzene rings is 2. The summed E-state index contributed by atoms with van der Waals surface area (Å²) in [5, 5.41) is 0.711. The Morgan fingerprint density at radius 2 is 1.76 bits per heavy atom. The van der Waals surface area contributed by atoms with Gasteiger partial charge in [-0.1, -0.05) is 47.5 Å². The highest BCUT2D eigenvalue weighted by Crippen LogP contribution is 2.14. The first-order chi connectivity index (χ1) is 9.95. The highest BCUT2D eigenvalue weighted by atomic mass is 35.5. The molecule has 0 radical (unpaired) electrons. The number of hydrogen-bond donors (Lipinski definition) is 0. The number of halogens is 1. The zero-order valence-corrected chi connectivity index (χ0v) is 13.4. The molecule has 0 aromatic heterocycles. The second-order valence-electron chi connectivity index (χ2n) is 5.48. The molecule has 3 heteroatoms. The van der Waals surface area contributed by atoms with E-state index in [-0.39, 0.29) is 5.91 Å². The number of hydrogen-bond acceptors (Lipinski definition) is 1. The van der Waals surface area contributed by atoms with Gasteiger partial charge in [0.25, 0.3) is 0 Å². The molecule has 0 heterocycles. The lowest BCUT2D eigenvalue weighted by molar-refractivity contribution is -0.129. The van der Waals surface area contributed by atoms with E-state index in [1.54, 1.807) is 4.90 Å². The fraction of sp³-hybridized carbons (Fsp3) is 0.278. The van der Waals surface area contributed by atoms with Gasteiger partial charge in [0.2, 0.25) is 5.91 Å². The standard InChI is InChI=1S/C18H20ClNO/c1-13-4-5-14(2)16(10-13)11-18(21)20(3)12-15-6-8-17(19)9-7-15/h4-10H,11-12H2,1-3H3. The molecule has 2 nitrogen and oxygen atoms in total. The molecule has 0 spiro atoms. The van der Waals surface area contributed by atoms with Crippen LogP contribution in [0.25, 0.3) is 0 Å². The lowest BCUT2D eigenvalue weighted by Crippen LogP contribution is -2.27. The van der Waals surface area contributed by atoms with Crippen molar-refractivity contribution in [2.24, 2.45) is 0 Å². The van der Waals surface area contributed by atoms with Crippen molar-refractivity contribution >= 4 is 17.5 Å². The molecule has 110 valence electrons. The first-order valence-electron chi connectivity index (χ1n) is 7.00. The fourth-order valence-corrected chi connectivity index (χ4v) is 2.37. The van der Waals surface area contributed by atoms with E-state index in [9.17, 15) is 4.79 Å². The minimum absolute atomic E-state index is 0.124. The van der Waals surface area contributed by atoms with E-state index in [1.165, 1.54) is 5.56 Å². The van der Waals surface area contributed by atoms with Crippen molar-refractivity contribution in [2.75, 3.05) is 7.05 Å². The summed E-state index contributed by atoms with van der Waals surface area (Å²) in [6.07, 6.45) is 0.442. The van der Waals surface area contributed by atoms with Crippen LogP contribution in [0.3, 0.4) is 0 Å². The van der Waals surface area contributed by atoms with Gasteiger partial charge < -0.3 is 4.90 Å². The van der Waals surface area contributed by atoms with Crippen molar-refractivity contribution in [2.45, 2.75) is 26.8 Å². The van der Waals surface area contributed by atoms with E-state index in [1.807, 2.05) is 45.2 Å². The van der Waals surface area contributed by atoms with E-state index in [4.69, 9.17) is 11.6 Å². The monoisotopic (exact) mass is 301 g/mol. The molecule has 2 rings (SSSR count). The normalized spacial score (nSPS) is 10.5. The minimum Gasteiger partial charge on any atom is -0.341 e. The molecule has 2 aromatic rings. The SMILES string of the molecule is Cc1ccc(C)c(CC(=O)N(C)Cc2ccc(Cl)cc2)c1. The van der Waals surface area contributed by atoms with Gasteiger partial charge in [-0.2, -0.15) is 0 Å². The lowest BCUT2D eigenvalue weighted by atomic mass is 10.0. The number of carbonyl (C=O) groups excluding carboxylic acids is 1. The maximum atomic E-state index is 12.3. The van der Waals surface area contributed by atoms with Crippen LogP contribution in [0.4, 0.5) is 0 Å². The Bertz CT molecular complexity index is 634. The van der Waals surface area contributed by atoms with Gasteiger partial charge >= 0.3 is 0 Å². The van der Waals surface area contributed by atoms with Gasteiger partial charge in [-0.25, -0.2) is 0 Å². The third kappa shape index (κ3) is 4.33. The third-order valence-corrected chi connectivity index (χ3v) is 3.86. The van der Waals surface area contributed by atoms with E-state index in [2.05, 4.69) is 18.2 Å². The third-order valence-electron chi connectivity index (χ3n) is 3.61. The topological polar surface area (TPSA) is 20.3 Å². The fourth-order valence-electron chi connectivity index (χ4n) is 2.24. The Morgan fingerprint density at radius 3 is 2.43 bits per heavy atom. The predicted octanol–water partition coefficient (Wildman–Crippen LogP) is 4.16. The second kappa shape index (κ2) is 6.77. The summed E-state index contributed by atoms with van der Waals surface area (Å²) in [5.41, 5.74) is 4.52. The zero-order chi connectivity index (χ0) is 15.4. The summed E-state index contributed by atoms with van der Waals surface area (Å²) in [5.74, 6) is 0.124. The molecular weight excluding hydrogens is 282 g/mol. The number of amides is 1. The average Bonchev–Trinajstić information content (AvgIpc) is 2.45.